The lowest BCUT2D eigenvalue weighted by atomic mass is 9.94. The van der Waals surface area contributed by atoms with E-state index in [1.54, 1.807) is 0 Å². The molecule has 0 fully saturated rings. The fourth-order valence-electron chi connectivity index (χ4n) is 8.80. The van der Waals surface area contributed by atoms with E-state index in [1.807, 2.05) is 0 Å². The number of hydrogen-bond donors (Lipinski definition) is 0. The van der Waals surface area contributed by atoms with Crippen LogP contribution in [-0.4, -0.2) is 9.38 Å². The van der Waals surface area contributed by atoms with Crippen molar-refractivity contribution in [2.45, 2.75) is 0 Å². The SMILES string of the molecule is c1ccc(-c2nc3ccccc3c3c2ccc2oc4ccc(-c5cccc(-c6cc7c8ccccc8n8c9ccccc9c(c6)c78)c5)cc4c23)cc1. The monoisotopic (exact) mass is 660 g/mol. The zero-order valence-corrected chi connectivity index (χ0v) is 28.0. The van der Waals surface area contributed by atoms with E-state index < -0.39 is 0 Å². The van der Waals surface area contributed by atoms with E-state index in [-0.39, 0.29) is 0 Å². The third-order valence-corrected chi connectivity index (χ3v) is 11.1. The van der Waals surface area contributed by atoms with Gasteiger partial charge >= 0.3 is 0 Å². The first-order valence-electron chi connectivity index (χ1n) is 17.8. The normalized spacial score (nSPS) is 12.2. The van der Waals surface area contributed by atoms with Crippen LogP contribution in [0.25, 0.3) is 115 Å². The van der Waals surface area contributed by atoms with Gasteiger partial charge in [0.15, 0.2) is 0 Å². The molecule has 0 aliphatic carbocycles. The molecule has 0 spiro atoms. The van der Waals surface area contributed by atoms with Crippen LogP contribution in [0.3, 0.4) is 0 Å². The molecule has 0 N–H and O–H groups in total. The molecule has 0 bridgehead atoms. The maximum Gasteiger partial charge on any atom is 0.136 e. The molecule has 8 aromatic carbocycles. The van der Waals surface area contributed by atoms with Crippen molar-refractivity contribution in [1.82, 2.24) is 9.38 Å². The van der Waals surface area contributed by atoms with Crippen LogP contribution in [0.4, 0.5) is 0 Å². The van der Waals surface area contributed by atoms with Gasteiger partial charge in [0.25, 0.3) is 0 Å². The third kappa shape index (κ3) is 3.77. The summed E-state index contributed by atoms with van der Waals surface area (Å²) in [7, 11) is 0. The summed E-state index contributed by atoms with van der Waals surface area (Å²) in [5.41, 5.74) is 13.4. The lowest BCUT2D eigenvalue weighted by Gasteiger charge is -2.11. The van der Waals surface area contributed by atoms with E-state index in [2.05, 4.69) is 174 Å². The predicted molar refractivity (Wildman–Crippen MR) is 217 cm³/mol. The third-order valence-electron chi connectivity index (χ3n) is 11.1. The van der Waals surface area contributed by atoms with Crippen LogP contribution in [0.2, 0.25) is 0 Å². The highest BCUT2D eigenvalue weighted by Gasteiger charge is 2.20. The first kappa shape index (κ1) is 27.8. The number of pyridine rings is 1. The number of hydrogen-bond acceptors (Lipinski definition) is 2. The number of aromatic nitrogens is 2. The maximum absolute atomic E-state index is 6.54. The summed E-state index contributed by atoms with van der Waals surface area (Å²) in [6, 6.07) is 61.1. The highest BCUT2D eigenvalue weighted by Crippen LogP contribution is 2.44. The molecule has 0 atom stereocenters. The molecule has 0 aliphatic heterocycles. The van der Waals surface area contributed by atoms with E-state index in [0.29, 0.717) is 0 Å². The van der Waals surface area contributed by atoms with Gasteiger partial charge in [-0.25, -0.2) is 4.98 Å². The van der Waals surface area contributed by atoms with Crippen molar-refractivity contribution in [3.05, 3.63) is 170 Å². The Morgan fingerprint density at radius 2 is 0.962 bits per heavy atom. The molecule has 0 radical (unpaired) electrons. The van der Waals surface area contributed by atoms with Crippen LogP contribution in [0.15, 0.2) is 174 Å². The summed E-state index contributed by atoms with van der Waals surface area (Å²) in [6.07, 6.45) is 0. The van der Waals surface area contributed by atoms with Crippen LogP contribution in [0, 0.1) is 0 Å². The number of rotatable bonds is 3. The molecule has 0 aliphatic rings. The van der Waals surface area contributed by atoms with E-state index in [1.165, 1.54) is 60.2 Å². The Labute approximate surface area is 297 Å². The van der Waals surface area contributed by atoms with Crippen LogP contribution >= 0.6 is 0 Å². The maximum atomic E-state index is 6.54. The smallest absolute Gasteiger partial charge is 0.136 e. The quantitative estimate of drug-likeness (QED) is 0.177. The molecule has 12 aromatic rings. The Morgan fingerprint density at radius 3 is 1.73 bits per heavy atom. The van der Waals surface area contributed by atoms with Crippen LogP contribution in [0.1, 0.15) is 0 Å². The van der Waals surface area contributed by atoms with Crippen molar-refractivity contribution >= 4 is 81.7 Å². The zero-order chi connectivity index (χ0) is 33.9. The van der Waals surface area contributed by atoms with Gasteiger partial charge in [-0.2, -0.15) is 0 Å². The second kappa shape index (κ2) is 10.3. The van der Waals surface area contributed by atoms with Gasteiger partial charge in [-0.15, -0.1) is 0 Å². The minimum atomic E-state index is 0.882. The Kier molecular flexibility index (Phi) is 5.50. The van der Waals surface area contributed by atoms with Gasteiger partial charge in [-0.05, 0) is 82.9 Å². The zero-order valence-electron chi connectivity index (χ0n) is 28.0. The Balaban J connectivity index is 1.08. The van der Waals surface area contributed by atoms with Gasteiger partial charge in [0.1, 0.15) is 11.2 Å². The minimum absolute atomic E-state index is 0.882. The lowest BCUT2D eigenvalue weighted by molar-refractivity contribution is 0.669. The fraction of sp³-hybridized carbons (Fsp3) is 0. The van der Waals surface area contributed by atoms with Crippen molar-refractivity contribution in [1.29, 1.82) is 0 Å². The average Bonchev–Trinajstić information content (AvgIpc) is 3.87. The Morgan fingerprint density at radius 1 is 0.365 bits per heavy atom. The topological polar surface area (TPSA) is 30.4 Å². The first-order valence-corrected chi connectivity index (χ1v) is 17.8. The molecule has 0 unspecified atom stereocenters. The highest BCUT2D eigenvalue weighted by molar-refractivity contribution is 6.28. The average molecular weight is 661 g/mol. The summed E-state index contributed by atoms with van der Waals surface area (Å²) in [5.74, 6) is 0. The molecular formula is C49H28N2O. The molecule has 0 amide bonds. The van der Waals surface area contributed by atoms with E-state index in [4.69, 9.17) is 9.40 Å². The number of furan rings is 1. The molecule has 0 saturated heterocycles. The molecule has 0 saturated carbocycles. The van der Waals surface area contributed by atoms with Crippen molar-refractivity contribution in [3.63, 3.8) is 0 Å². The Bertz CT molecular complexity index is 3320. The van der Waals surface area contributed by atoms with E-state index in [0.717, 1.165) is 55.0 Å². The largest absolute Gasteiger partial charge is 0.456 e. The van der Waals surface area contributed by atoms with Gasteiger partial charge in [0, 0.05) is 54.0 Å². The lowest BCUT2D eigenvalue weighted by Crippen LogP contribution is -1.90. The number of fused-ring (bicyclic) bond motifs is 13. The van der Waals surface area contributed by atoms with Crippen LogP contribution in [0.5, 0.6) is 0 Å². The highest BCUT2D eigenvalue weighted by atomic mass is 16.3. The van der Waals surface area contributed by atoms with Gasteiger partial charge in [-0.1, -0.05) is 109 Å². The fourth-order valence-corrected chi connectivity index (χ4v) is 8.80. The van der Waals surface area contributed by atoms with Crippen molar-refractivity contribution in [3.8, 4) is 33.5 Å². The molecule has 52 heavy (non-hydrogen) atoms. The summed E-state index contributed by atoms with van der Waals surface area (Å²) in [6.45, 7) is 0. The van der Waals surface area contributed by atoms with Gasteiger partial charge in [0.2, 0.25) is 0 Å². The van der Waals surface area contributed by atoms with Gasteiger partial charge in [-0.3, -0.25) is 0 Å². The number of benzene rings is 8. The van der Waals surface area contributed by atoms with Crippen molar-refractivity contribution < 1.29 is 4.42 Å². The van der Waals surface area contributed by atoms with E-state index in [9.17, 15) is 0 Å². The molecule has 240 valence electrons. The first-order chi connectivity index (χ1) is 25.8. The second-order valence-electron chi connectivity index (χ2n) is 13.9. The number of para-hydroxylation sites is 3. The molecule has 3 nitrogen and oxygen atoms in total. The van der Waals surface area contributed by atoms with Gasteiger partial charge in [0.05, 0.1) is 27.8 Å². The summed E-state index contributed by atoms with van der Waals surface area (Å²) < 4.78 is 8.98. The molecule has 4 heterocycles. The number of nitrogens with zero attached hydrogens (tertiary/aromatic N) is 2. The summed E-state index contributed by atoms with van der Waals surface area (Å²) in [5, 5.41) is 10.8. The van der Waals surface area contributed by atoms with E-state index >= 15 is 0 Å². The summed E-state index contributed by atoms with van der Waals surface area (Å²) in [4.78, 5) is 5.18. The second-order valence-corrected chi connectivity index (χ2v) is 13.9. The standard InChI is InChI=1S/C49H28N2O/c1-2-11-29(12-3-1)48-37-22-24-45-47(46(37)36-17-4-7-18-41(36)50-48)40-26-32(21-23-44(40)52-45)30-13-10-14-31(25-30)33-27-38-34-15-5-8-19-42(34)51-43-20-9-6-16-35(43)39(28-33)49(38)51/h1-28H. The van der Waals surface area contributed by atoms with Crippen molar-refractivity contribution in [2.24, 2.45) is 0 Å². The predicted octanol–water partition coefficient (Wildman–Crippen LogP) is 13.4. The molecule has 4 aromatic heterocycles. The minimum Gasteiger partial charge on any atom is -0.456 e. The molecule has 3 heteroatoms. The van der Waals surface area contributed by atoms with Crippen molar-refractivity contribution in [2.75, 3.05) is 0 Å². The van der Waals surface area contributed by atoms with Crippen LogP contribution in [-0.2, 0) is 0 Å². The van der Waals surface area contributed by atoms with Crippen LogP contribution < -0.4 is 0 Å². The molecule has 12 rings (SSSR count). The molecular weight excluding hydrogens is 633 g/mol. The summed E-state index contributed by atoms with van der Waals surface area (Å²) >= 11 is 0. The van der Waals surface area contributed by atoms with Gasteiger partial charge < -0.3 is 8.82 Å². The Hall–Kier alpha value is -6.97.